The van der Waals surface area contributed by atoms with Crippen molar-refractivity contribution in [3.63, 3.8) is 0 Å². The number of hydrogen-bond acceptors (Lipinski definition) is 4. The molecule has 0 aliphatic rings. The molecule has 106 valence electrons. The smallest absolute Gasteiger partial charge is 0.223 e. The Morgan fingerprint density at radius 2 is 2.05 bits per heavy atom. The van der Waals surface area contributed by atoms with E-state index in [2.05, 4.69) is 42.2 Å². The van der Waals surface area contributed by atoms with Gasteiger partial charge < -0.3 is 14.8 Å². The van der Waals surface area contributed by atoms with Crippen molar-refractivity contribution >= 4 is 31.9 Å². The van der Waals surface area contributed by atoms with Gasteiger partial charge in [-0.1, -0.05) is 0 Å². The molecule has 1 aromatic carbocycles. The predicted octanol–water partition coefficient (Wildman–Crippen LogP) is 4.13. The van der Waals surface area contributed by atoms with E-state index in [0.717, 1.165) is 20.3 Å². The lowest BCUT2D eigenvalue weighted by atomic mass is 10.2. The molecule has 0 unspecified atom stereocenters. The van der Waals surface area contributed by atoms with Crippen LogP contribution in [0.15, 0.2) is 39.4 Å². The average molecular weight is 402 g/mol. The zero-order valence-electron chi connectivity index (χ0n) is 11.1. The summed E-state index contributed by atoms with van der Waals surface area (Å²) in [4.78, 5) is 4.31. The Morgan fingerprint density at radius 1 is 1.25 bits per heavy atom. The number of rotatable bonds is 5. The molecule has 0 fully saturated rings. The lowest BCUT2D eigenvalue weighted by Crippen LogP contribution is -2.07. The Labute approximate surface area is 134 Å². The largest absolute Gasteiger partial charge is 0.497 e. The molecule has 0 aliphatic heterocycles. The SMILES string of the molecule is CNCc1cc(Br)cnc1Oc1ccc(OC)cc1Br. The summed E-state index contributed by atoms with van der Waals surface area (Å²) >= 11 is 6.88. The maximum atomic E-state index is 5.87. The van der Waals surface area contributed by atoms with Crippen molar-refractivity contribution in [2.45, 2.75) is 6.54 Å². The normalized spacial score (nSPS) is 10.4. The highest BCUT2D eigenvalue weighted by Crippen LogP contribution is 2.33. The van der Waals surface area contributed by atoms with Gasteiger partial charge in [0.25, 0.3) is 0 Å². The summed E-state index contributed by atoms with van der Waals surface area (Å²) in [6.45, 7) is 0.676. The molecule has 6 heteroatoms. The van der Waals surface area contributed by atoms with Gasteiger partial charge in [0.15, 0.2) is 0 Å². The third-order valence-electron chi connectivity index (χ3n) is 2.60. The second-order valence-corrected chi connectivity index (χ2v) is 5.82. The summed E-state index contributed by atoms with van der Waals surface area (Å²) in [5.74, 6) is 2.04. The molecular formula is C14H14Br2N2O2. The number of pyridine rings is 1. The first-order valence-electron chi connectivity index (χ1n) is 5.94. The van der Waals surface area contributed by atoms with Crippen molar-refractivity contribution in [3.05, 3.63) is 45.0 Å². The van der Waals surface area contributed by atoms with E-state index in [0.29, 0.717) is 18.2 Å². The molecule has 4 nitrogen and oxygen atoms in total. The van der Waals surface area contributed by atoms with Crippen LogP contribution >= 0.6 is 31.9 Å². The first-order chi connectivity index (χ1) is 9.63. The summed E-state index contributed by atoms with van der Waals surface area (Å²) < 4.78 is 12.8. The molecule has 1 N–H and O–H groups in total. The molecule has 1 aromatic heterocycles. The van der Waals surface area contributed by atoms with Crippen molar-refractivity contribution < 1.29 is 9.47 Å². The highest BCUT2D eigenvalue weighted by Gasteiger charge is 2.10. The van der Waals surface area contributed by atoms with Crippen LogP contribution in [-0.4, -0.2) is 19.1 Å². The molecule has 20 heavy (non-hydrogen) atoms. The summed E-state index contributed by atoms with van der Waals surface area (Å²) in [6.07, 6.45) is 1.71. The van der Waals surface area contributed by atoms with Gasteiger partial charge in [-0.3, -0.25) is 0 Å². The first-order valence-corrected chi connectivity index (χ1v) is 7.53. The Kier molecular flexibility index (Phi) is 5.39. The molecule has 2 rings (SSSR count). The van der Waals surface area contributed by atoms with Gasteiger partial charge in [-0.15, -0.1) is 0 Å². The minimum absolute atomic E-state index is 0.577. The van der Waals surface area contributed by atoms with Crippen molar-refractivity contribution in [1.29, 1.82) is 0 Å². The summed E-state index contributed by atoms with van der Waals surface area (Å²) in [5, 5.41) is 3.10. The van der Waals surface area contributed by atoms with Crippen LogP contribution in [0.5, 0.6) is 17.4 Å². The van der Waals surface area contributed by atoms with E-state index in [-0.39, 0.29) is 0 Å². The molecular weight excluding hydrogens is 388 g/mol. The number of nitrogens with zero attached hydrogens (tertiary/aromatic N) is 1. The van der Waals surface area contributed by atoms with Gasteiger partial charge in [0.2, 0.25) is 5.88 Å². The standard InChI is InChI=1S/C14H14Br2N2O2/c1-17-7-9-5-10(15)8-18-14(9)20-13-4-3-11(19-2)6-12(13)16/h3-6,8,17H,7H2,1-2H3. The van der Waals surface area contributed by atoms with Crippen molar-refractivity contribution in [1.82, 2.24) is 10.3 Å². The van der Waals surface area contributed by atoms with Crippen LogP contribution < -0.4 is 14.8 Å². The lowest BCUT2D eigenvalue weighted by molar-refractivity contribution is 0.411. The molecule has 2 aromatic rings. The van der Waals surface area contributed by atoms with Crippen molar-refractivity contribution in [3.8, 4) is 17.4 Å². The molecule has 0 bridgehead atoms. The second kappa shape index (κ2) is 7.06. The van der Waals surface area contributed by atoms with Gasteiger partial charge >= 0.3 is 0 Å². The van der Waals surface area contributed by atoms with Crippen LogP contribution in [0.25, 0.3) is 0 Å². The van der Waals surface area contributed by atoms with E-state index in [1.165, 1.54) is 0 Å². The van der Waals surface area contributed by atoms with E-state index in [1.807, 2.05) is 31.3 Å². The molecule has 0 saturated carbocycles. The summed E-state index contributed by atoms with van der Waals surface area (Å²) in [6, 6.07) is 7.52. The number of halogens is 2. The molecule has 0 atom stereocenters. The minimum atomic E-state index is 0.577. The van der Waals surface area contributed by atoms with Gasteiger partial charge in [-0.05, 0) is 63.2 Å². The highest BCUT2D eigenvalue weighted by atomic mass is 79.9. The number of methoxy groups -OCH3 is 1. The summed E-state index contributed by atoms with van der Waals surface area (Å²) in [5.41, 5.74) is 0.976. The number of hydrogen-bond donors (Lipinski definition) is 1. The molecule has 0 aliphatic carbocycles. The van der Waals surface area contributed by atoms with Gasteiger partial charge in [-0.2, -0.15) is 0 Å². The fraction of sp³-hybridized carbons (Fsp3) is 0.214. The van der Waals surface area contributed by atoms with Gasteiger partial charge in [0.05, 0.1) is 11.6 Å². The third kappa shape index (κ3) is 3.71. The van der Waals surface area contributed by atoms with Crippen LogP contribution in [0.3, 0.4) is 0 Å². The van der Waals surface area contributed by atoms with E-state index in [1.54, 1.807) is 13.3 Å². The third-order valence-corrected chi connectivity index (χ3v) is 3.66. The number of aromatic nitrogens is 1. The van der Waals surface area contributed by atoms with Crippen LogP contribution in [0.1, 0.15) is 5.56 Å². The topological polar surface area (TPSA) is 43.4 Å². The average Bonchev–Trinajstić information content (AvgIpc) is 2.44. The van der Waals surface area contributed by atoms with Crippen LogP contribution in [0, 0.1) is 0 Å². The van der Waals surface area contributed by atoms with Crippen LogP contribution in [0.2, 0.25) is 0 Å². The van der Waals surface area contributed by atoms with E-state index >= 15 is 0 Å². The molecule has 0 amide bonds. The maximum Gasteiger partial charge on any atom is 0.223 e. The number of ether oxygens (including phenoxy) is 2. The number of benzene rings is 1. The quantitative estimate of drug-likeness (QED) is 0.817. The Balaban J connectivity index is 2.29. The monoisotopic (exact) mass is 400 g/mol. The number of nitrogens with one attached hydrogen (secondary N) is 1. The van der Waals surface area contributed by atoms with Gasteiger partial charge in [-0.25, -0.2) is 4.98 Å². The maximum absolute atomic E-state index is 5.87. The van der Waals surface area contributed by atoms with Gasteiger partial charge in [0, 0.05) is 22.8 Å². The molecule has 0 saturated heterocycles. The minimum Gasteiger partial charge on any atom is -0.497 e. The van der Waals surface area contributed by atoms with Gasteiger partial charge in [0.1, 0.15) is 11.5 Å². The van der Waals surface area contributed by atoms with E-state index in [9.17, 15) is 0 Å². The predicted molar refractivity (Wildman–Crippen MR) is 85.5 cm³/mol. The Morgan fingerprint density at radius 3 is 2.70 bits per heavy atom. The van der Waals surface area contributed by atoms with E-state index in [4.69, 9.17) is 9.47 Å². The molecule has 0 radical (unpaired) electrons. The zero-order chi connectivity index (χ0) is 14.5. The Bertz CT molecular complexity index is 606. The second-order valence-electron chi connectivity index (χ2n) is 4.05. The fourth-order valence-electron chi connectivity index (χ4n) is 1.67. The van der Waals surface area contributed by atoms with E-state index < -0.39 is 0 Å². The van der Waals surface area contributed by atoms with Crippen LogP contribution in [-0.2, 0) is 6.54 Å². The van der Waals surface area contributed by atoms with Crippen molar-refractivity contribution in [2.75, 3.05) is 14.2 Å². The molecule has 1 heterocycles. The van der Waals surface area contributed by atoms with Crippen LogP contribution in [0.4, 0.5) is 0 Å². The Hall–Kier alpha value is -1.11. The molecule has 0 spiro atoms. The van der Waals surface area contributed by atoms with Crippen molar-refractivity contribution in [2.24, 2.45) is 0 Å². The highest BCUT2D eigenvalue weighted by molar-refractivity contribution is 9.10. The zero-order valence-corrected chi connectivity index (χ0v) is 14.3. The fourth-order valence-corrected chi connectivity index (χ4v) is 2.49. The first kappa shape index (κ1) is 15.3. The lowest BCUT2D eigenvalue weighted by Gasteiger charge is -2.12. The summed E-state index contributed by atoms with van der Waals surface area (Å²) in [7, 11) is 3.51.